The van der Waals surface area contributed by atoms with E-state index in [1.165, 1.54) is 10.8 Å². The fraction of sp³-hybridized carbons (Fsp3) is 0.150. The van der Waals surface area contributed by atoms with Crippen LogP contribution in [0, 0.1) is 13.8 Å². The van der Waals surface area contributed by atoms with Crippen LogP contribution in [0.2, 0.25) is 0 Å². The molecular formula is C20H20N4O2. The number of nitrogens with one attached hydrogen (secondary N) is 2. The molecule has 0 unspecified atom stereocenters. The zero-order chi connectivity index (χ0) is 18.5. The molecule has 0 radical (unpaired) electrons. The largest absolute Gasteiger partial charge is 0.347 e. The van der Waals surface area contributed by atoms with Crippen LogP contribution < -0.4 is 16.3 Å². The van der Waals surface area contributed by atoms with Crippen molar-refractivity contribution in [2.45, 2.75) is 20.4 Å². The number of aryl methyl sites for hydroxylation is 2. The van der Waals surface area contributed by atoms with Crippen molar-refractivity contribution in [2.75, 3.05) is 10.6 Å². The lowest BCUT2D eigenvalue weighted by atomic mass is 10.1. The monoisotopic (exact) mass is 348 g/mol. The van der Waals surface area contributed by atoms with Crippen molar-refractivity contribution in [3.8, 4) is 0 Å². The predicted octanol–water partition coefficient (Wildman–Crippen LogP) is 3.55. The smallest absolute Gasteiger partial charge is 0.308 e. The van der Waals surface area contributed by atoms with Crippen LogP contribution in [-0.4, -0.2) is 15.6 Å². The average molecular weight is 348 g/mol. The second-order valence-electron chi connectivity index (χ2n) is 6.19. The summed E-state index contributed by atoms with van der Waals surface area (Å²) in [4.78, 5) is 27.7. The Kier molecular flexibility index (Phi) is 5.12. The number of benzene rings is 2. The van der Waals surface area contributed by atoms with E-state index in [4.69, 9.17) is 0 Å². The Bertz CT molecular complexity index is 975. The van der Waals surface area contributed by atoms with Gasteiger partial charge in [0.25, 0.3) is 0 Å². The Morgan fingerprint density at radius 1 is 1.00 bits per heavy atom. The standard InChI is InChI=1S/C20H20N4O2/c1-14-9-15(2)11-18(10-14)23-19(25)22-17-6-3-5-16(12-17)13-24-8-4-7-21-20(24)26/h3-12H,13H2,1-2H3,(H2,22,23,25). The van der Waals surface area contributed by atoms with Crippen LogP contribution in [0.1, 0.15) is 16.7 Å². The summed E-state index contributed by atoms with van der Waals surface area (Å²) in [7, 11) is 0. The molecule has 6 heteroatoms. The number of hydrogen-bond donors (Lipinski definition) is 2. The summed E-state index contributed by atoms with van der Waals surface area (Å²) in [5.74, 6) is 0. The van der Waals surface area contributed by atoms with Crippen LogP contribution in [0.25, 0.3) is 0 Å². The number of aromatic nitrogens is 2. The highest BCUT2D eigenvalue weighted by Crippen LogP contribution is 2.15. The zero-order valence-electron chi connectivity index (χ0n) is 14.7. The lowest BCUT2D eigenvalue weighted by Crippen LogP contribution is -2.22. The highest BCUT2D eigenvalue weighted by atomic mass is 16.2. The molecule has 0 bridgehead atoms. The summed E-state index contributed by atoms with van der Waals surface area (Å²) in [5.41, 5.74) is 4.16. The van der Waals surface area contributed by atoms with Crippen LogP contribution in [-0.2, 0) is 6.54 Å². The van der Waals surface area contributed by atoms with Gasteiger partial charge >= 0.3 is 11.7 Å². The van der Waals surface area contributed by atoms with Crippen molar-refractivity contribution in [3.05, 3.63) is 88.1 Å². The maximum absolute atomic E-state index is 12.2. The molecular weight excluding hydrogens is 328 g/mol. The Morgan fingerprint density at radius 2 is 1.73 bits per heavy atom. The number of hydrogen-bond acceptors (Lipinski definition) is 3. The average Bonchev–Trinajstić information content (AvgIpc) is 2.56. The third-order valence-electron chi connectivity index (χ3n) is 3.80. The molecule has 3 aromatic rings. The molecule has 26 heavy (non-hydrogen) atoms. The van der Waals surface area contributed by atoms with Gasteiger partial charge in [0.1, 0.15) is 0 Å². The molecule has 0 atom stereocenters. The summed E-state index contributed by atoms with van der Waals surface area (Å²) in [6, 6.07) is 14.6. The van der Waals surface area contributed by atoms with E-state index in [-0.39, 0.29) is 11.7 Å². The van der Waals surface area contributed by atoms with Gasteiger partial charge in [0.05, 0.1) is 6.54 Å². The highest BCUT2D eigenvalue weighted by Gasteiger charge is 2.05. The molecule has 0 aliphatic rings. The van der Waals surface area contributed by atoms with E-state index in [1.54, 1.807) is 18.3 Å². The van der Waals surface area contributed by atoms with Crippen LogP contribution >= 0.6 is 0 Å². The van der Waals surface area contributed by atoms with E-state index in [0.29, 0.717) is 12.2 Å². The first-order chi connectivity index (χ1) is 12.5. The quantitative estimate of drug-likeness (QED) is 0.757. The third-order valence-corrected chi connectivity index (χ3v) is 3.80. The molecule has 6 nitrogen and oxygen atoms in total. The molecule has 2 N–H and O–H groups in total. The van der Waals surface area contributed by atoms with E-state index in [9.17, 15) is 9.59 Å². The van der Waals surface area contributed by atoms with Gasteiger partial charge in [-0.05, 0) is 60.9 Å². The number of nitrogens with zero attached hydrogens (tertiary/aromatic N) is 2. The summed E-state index contributed by atoms with van der Waals surface area (Å²) >= 11 is 0. The summed E-state index contributed by atoms with van der Waals surface area (Å²) in [5, 5.41) is 5.65. The molecule has 0 saturated heterocycles. The van der Waals surface area contributed by atoms with Gasteiger partial charge in [-0.25, -0.2) is 14.6 Å². The first-order valence-corrected chi connectivity index (χ1v) is 8.26. The summed E-state index contributed by atoms with van der Waals surface area (Å²) in [6.45, 7) is 4.36. The van der Waals surface area contributed by atoms with Gasteiger partial charge in [-0.2, -0.15) is 0 Å². The molecule has 0 fully saturated rings. The van der Waals surface area contributed by atoms with E-state index < -0.39 is 0 Å². The number of carbonyl (C=O) groups is 1. The van der Waals surface area contributed by atoms with E-state index >= 15 is 0 Å². The maximum atomic E-state index is 12.2. The van der Waals surface area contributed by atoms with Crippen LogP contribution in [0.5, 0.6) is 0 Å². The predicted molar refractivity (Wildman–Crippen MR) is 103 cm³/mol. The van der Waals surface area contributed by atoms with Crippen molar-refractivity contribution in [2.24, 2.45) is 0 Å². The first kappa shape index (κ1) is 17.4. The van der Waals surface area contributed by atoms with Crippen molar-refractivity contribution < 1.29 is 4.79 Å². The molecule has 0 spiro atoms. The van der Waals surface area contributed by atoms with Gasteiger partial charge in [0.15, 0.2) is 0 Å². The molecule has 0 aliphatic heterocycles. The fourth-order valence-corrected chi connectivity index (χ4v) is 2.79. The number of anilines is 2. The zero-order valence-corrected chi connectivity index (χ0v) is 14.7. The minimum absolute atomic E-state index is 0.307. The maximum Gasteiger partial charge on any atom is 0.347 e. The molecule has 1 aromatic heterocycles. The van der Waals surface area contributed by atoms with E-state index in [2.05, 4.69) is 15.6 Å². The third kappa shape index (κ3) is 4.57. The Labute approximate surface area is 151 Å². The van der Waals surface area contributed by atoms with E-state index in [0.717, 1.165) is 22.4 Å². The van der Waals surface area contributed by atoms with Crippen molar-refractivity contribution >= 4 is 17.4 Å². The van der Waals surface area contributed by atoms with Gasteiger partial charge in [0.2, 0.25) is 0 Å². The normalized spacial score (nSPS) is 10.4. The number of carbonyl (C=O) groups excluding carboxylic acids is 1. The topological polar surface area (TPSA) is 76.0 Å². The van der Waals surface area contributed by atoms with Crippen molar-refractivity contribution in [1.82, 2.24) is 9.55 Å². The first-order valence-electron chi connectivity index (χ1n) is 8.26. The minimum Gasteiger partial charge on any atom is -0.308 e. The lowest BCUT2D eigenvalue weighted by molar-refractivity contribution is 0.262. The minimum atomic E-state index is -0.314. The van der Waals surface area contributed by atoms with Gasteiger partial charge in [-0.1, -0.05) is 18.2 Å². The highest BCUT2D eigenvalue weighted by molar-refractivity contribution is 5.99. The van der Waals surface area contributed by atoms with Crippen LogP contribution in [0.3, 0.4) is 0 Å². The van der Waals surface area contributed by atoms with Gasteiger partial charge in [-0.15, -0.1) is 0 Å². The number of urea groups is 1. The number of rotatable bonds is 4. The Balaban J connectivity index is 1.69. The van der Waals surface area contributed by atoms with Crippen molar-refractivity contribution in [1.29, 1.82) is 0 Å². The van der Waals surface area contributed by atoms with Crippen LogP contribution in [0.15, 0.2) is 65.7 Å². The van der Waals surface area contributed by atoms with Crippen molar-refractivity contribution in [3.63, 3.8) is 0 Å². The summed E-state index contributed by atoms with van der Waals surface area (Å²) < 4.78 is 1.51. The van der Waals surface area contributed by atoms with Gasteiger partial charge < -0.3 is 10.6 Å². The van der Waals surface area contributed by atoms with Gasteiger partial charge in [-0.3, -0.25) is 4.57 Å². The van der Waals surface area contributed by atoms with Gasteiger partial charge in [0, 0.05) is 23.8 Å². The Morgan fingerprint density at radius 3 is 2.46 bits per heavy atom. The fourth-order valence-electron chi connectivity index (χ4n) is 2.79. The molecule has 1 heterocycles. The molecule has 0 aliphatic carbocycles. The molecule has 0 saturated carbocycles. The van der Waals surface area contributed by atoms with E-state index in [1.807, 2.05) is 50.2 Å². The SMILES string of the molecule is Cc1cc(C)cc(NC(=O)Nc2cccc(Cn3cccnc3=O)c2)c1. The van der Waals surface area contributed by atoms with Crippen LogP contribution in [0.4, 0.5) is 16.2 Å². The second kappa shape index (κ2) is 7.65. The second-order valence-corrected chi connectivity index (χ2v) is 6.19. The molecule has 2 aromatic carbocycles. The Hall–Kier alpha value is -3.41. The molecule has 3 rings (SSSR count). The molecule has 2 amide bonds. The summed E-state index contributed by atoms with van der Waals surface area (Å²) in [6.07, 6.45) is 3.15. The molecule has 132 valence electrons. The number of amides is 2. The lowest BCUT2D eigenvalue weighted by Gasteiger charge is -2.11.